The van der Waals surface area contributed by atoms with Crippen LogP contribution in [-0.2, 0) is 4.43 Å². The lowest BCUT2D eigenvalue weighted by Crippen LogP contribution is -2.39. The van der Waals surface area contributed by atoms with E-state index in [0.29, 0.717) is 0 Å². The number of hydrogen-bond donors (Lipinski definition) is 0. The molecule has 0 aliphatic heterocycles. The summed E-state index contributed by atoms with van der Waals surface area (Å²) in [5, 5.41) is 2.55. The molecular weight excluding hydrogens is 368 g/mol. The van der Waals surface area contributed by atoms with Crippen molar-refractivity contribution in [2.45, 2.75) is 18.6 Å². The summed E-state index contributed by atoms with van der Waals surface area (Å²) in [6.07, 6.45) is 0. The van der Waals surface area contributed by atoms with Gasteiger partial charge in [0.25, 0.3) is 8.32 Å². The van der Waals surface area contributed by atoms with Crippen LogP contribution >= 0.6 is 0 Å². The minimum atomic E-state index is -2.28. The summed E-state index contributed by atoms with van der Waals surface area (Å²) in [5.74, 6) is 0.753. The second-order valence-corrected chi connectivity index (χ2v) is 11.9. The third-order valence-corrected chi connectivity index (χ3v) is 8.25. The zero-order chi connectivity index (χ0) is 20.3. The molecule has 0 N–H and O–H groups in total. The Bertz CT molecular complexity index is 1110. The molecule has 0 spiro atoms. The molecule has 1 atom stereocenters. The van der Waals surface area contributed by atoms with E-state index in [1.807, 2.05) is 18.2 Å². The predicted molar refractivity (Wildman–Crippen MR) is 126 cm³/mol. The van der Waals surface area contributed by atoms with Crippen molar-refractivity contribution in [3.63, 3.8) is 0 Å². The maximum absolute atomic E-state index is 6.69. The van der Waals surface area contributed by atoms with Gasteiger partial charge >= 0.3 is 0 Å². The summed E-state index contributed by atoms with van der Waals surface area (Å²) >= 11 is 0. The van der Waals surface area contributed by atoms with Crippen LogP contribution < -0.4 is 0 Å². The van der Waals surface area contributed by atoms with Crippen LogP contribution in [0.5, 0.6) is 0 Å². The Hall–Kier alpha value is -3.10. The average molecular weight is 395 g/mol. The van der Waals surface area contributed by atoms with Gasteiger partial charge in [0.05, 0.1) is 0 Å². The van der Waals surface area contributed by atoms with Gasteiger partial charge in [-0.3, -0.25) is 0 Å². The highest BCUT2D eigenvalue weighted by atomic mass is 28.4. The number of benzene rings is 4. The molecule has 0 aliphatic rings. The minimum Gasteiger partial charge on any atom is -0.543 e. The van der Waals surface area contributed by atoms with Crippen molar-refractivity contribution in [3.8, 4) is 0 Å². The minimum absolute atomic E-state index is 0.190. The van der Waals surface area contributed by atoms with E-state index in [1.54, 1.807) is 0 Å². The fourth-order valence-corrected chi connectivity index (χ4v) is 7.03. The Morgan fingerprint density at radius 2 is 1.31 bits per heavy atom. The van der Waals surface area contributed by atoms with Crippen molar-refractivity contribution in [3.05, 3.63) is 126 Å². The SMILES string of the molecule is C=C(O[Si](C)(C)C(c1ccccc1)c1cccc2ccccc12)c1ccccc1. The molecule has 0 saturated heterocycles. The molecule has 29 heavy (non-hydrogen) atoms. The van der Waals surface area contributed by atoms with Gasteiger partial charge in [-0.1, -0.05) is 110 Å². The van der Waals surface area contributed by atoms with E-state index in [4.69, 9.17) is 4.43 Å². The van der Waals surface area contributed by atoms with E-state index < -0.39 is 8.32 Å². The van der Waals surface area contributed by atoms with Crippen LogP contribution in [0.2, 0.25) is 13.1 Å². The Balaban J connectivity index is 1.81. The maximum atomic E-state index is 6.69. The highest BCUT2D eigenvalue weighted by Gasteiger charge is 2.39. The average Bonchev–Trinajstić information content (AvgIpc) is 2.75. The highest BCUT2D eigenvalue weighted by Crippen LogP contribution is 2.39. The van der Waals surface area contributed by atoms with Crippen molar-refractivity contribution in [2.75, 3.05) is 0 Å². The molecule has 4 aromatic carbocycles. The quantitative estimate of drug-likeness (QED) is 0.244. The normalized spacial score (nSPS) is 12.5. The van der Waals surface area contributed by atoms with Gasteiger partial charge in [0.1, 0.15) is 5.76 Å². The lowest BCUT2D eigenvalue weighted by atomic mass is 9.98. The lowest BCUT2D eigenvalue weighted by Gasteiger charge is -2.35. The van der Waals surface area contributed by atoms with Crippen molar-refractivity contribution in [1.82, 2.24) is 0 Å². The molecule has 0 radical (unpaired) electrons. The molecule has 0 amide bonds. The molecular formula is C27H26OSi. The van der Waals surface area contributed by atoms with Crippen LogP contribution in [0.3, 0.4) is 0 Å². The fraction of sp³-hybridized carbons (Fsp3) is 0.111. The molecule has 0 aliphatic carbocycles. The van der Waals surface area contributed by atoms with Crippen molar-refractivity contribution in [2.24, 2.45) is 0 Å². The van der Waals surface area contributed by atoms with Crippen molar-refractivity contribution in [1.29, 1.82) is 0 Å². The smallest absolute Gasteiger partial charge is 0.256 e. The monoisotopic (exact) mass is 394 g/mol. The molecule has 0 aromatic heterocycles. The first-order valence-corrected chi connectivity index (χ1v) is 13.0. The van der Waals surface area contributed by atoms with Gasteiger partial charge in [-0.05, 0) is 35.0 Å². The van der Waals surface area contributed by atoms with Crippen LogP contribution in [0.15, 0.2) is 110 Å². The Morgan fingerprint density at radius 3 is 2.03 bits per heavy atom. The molecule has 4 rings (SSSR count). The van der Waals surface area contributed by atoms with E-state index >= 15 is 0 Å². The first kappa shape index (κ1) is 19.2. The molecule has 4 aromatic rings. The second kappa shape index (κ2) is 8.10. The first-order valence-electron chi connectivity index (χ1n) is 10.0. The van der Waals surface area contributed by atoms with Gasteiger partial charge in [-0.15, -0.1) is 0 Å². The molecule has 0 heterocycles. The van der Waals surface area contributed by atoms with Gasteiger partial charge < -0.3 is 4.43 Å². The maximum Gasteiger partial charge on any atom is 0.256 e. The third-order valence-electron chi connectivity index (χ3n) is 5.44. The van der Waals surface area contributed by atoms with Gasteiger partial charge in [0, 0.05) is 11.1 Å². The number of rotatable bonds is 6. The van der Waals surface area contributed by atoms with Gasteiger partial charge in [-0.25, -0.2) is 0 Å². The standard InChI is InChI=1S/C27H26OSi/c1-21(22-13-6-4-7-14-22)28-29(2,3)27(24-16-8-5-9-17-24)26-20-12-18-23-15-10-11-19-25(23)26/h4-20,27H,1H2,2-3H3. The largest absolute Gasteiger partial charge is 0.543 e. The van der Waals surface area contributed by atoms with Gasteiger partial charge in [0.2, 0.25) is 0 Å². The van der Waals surface area contributed by atoms with E-state index in [-0.39, 0.29) is 5.54 Å². The van der Waals surface area contributed by atoms with Crippen LogP contribution in [0.1, 0.15) is 22.2 Å². The Morgan fingerprint density at radius 1 is 0.724 bits per heavy atom. The van der Waals surface area contributed by atoms with Crippen LogP contribution in [-0.4, -0.2) is 8.32 Å². The van der Waals surface area contributed by atoms with Crippen LogP contribution in [0.4, 0.5) is 0 Å². The summed E-state index contributed by atoms with van der Waals surface area (Å²) < 4.78 is 6.69. The van der Waals surface area contributed by atoms with Gasteiger partial charge in [0.15, 0.2) is 0 Å². The lowest BCUT2D eigenvalue weighted by molar-refractivity contribution is 0.498. The van der Waals surface area contributed by atoms with E-state index in [0.717, 1.165) is 11.3 Å². The highest BCUT2D eigenvalue weighted by molar-refractivity contribution is 6.74. The van der Waals surface area contributed by atoms with Crippen molar-refractivity contribution < 1.29 is 4.43 Å². The van der Waals surface area contributed by atoms with Gasteiger partial charge in [-0.2, -0.15) is 0 Å². The summed E-state index contributed by atoms with van der Waals surface area (Å²) in [4.78, 5) is 0. The molecule has 1 unspecified atom stereocenters. The zero-order valence-corrected chi connectivity index (χ0v) is 18.0. The summed E-state index contributed by atoms with van der Waals surface area (Å²) in [7, 11) is -2.28. The molecule has 0 fully saturated rings. The van der Waals surface area contributed by atoms with E-state index in [2.05, 4.69) is 105 Å². The number of hydrogen-bond acceptors (Lipinski definition) is 1. The number of fused-ring (bicyclic) bond motifs is 1. The Kier molecular flexibility index (Phi) is 5.37. The first-order chi connectivity index (χ1) is 14.1. The predicted octanol–water partition coefficient (Wildman–Crippen LogP) is 7.40. The fourth-order valence-electron chi connectivity index (χ4n) is 4.16. The summed E-state index contributed by atoms with van der Waals surface area (Å²) in [6.45, 7) is 8.84. The summed E-state index contributed by atoms with van der Waals surface area (Å²) in [5.41, 5.74) is 3.85. The van der Waals surface area contributed by atoms with Crippen molar-refractivity contribution >= 4 is 24.8 Å². The van der Waals surface area contributed by atoms with Crippen LogP contribution in [0.25, 0.3) is 16.5 Å². The molecule has 1 nitrogen and oxygen atoms in total. The molecule has 144 valence electrons. The second-order valence-electron chi connectivity index (χ2n) is 7.91. The molecule has 2 heteroatoms. The third kappa shape index (κ3) is 4.03. The zero-order valence-electron chi connectivity index (χ0n) is 17.0. The molecule has 0 bridgehead atoms. The van der Waals surface area contributed by atoms with Crippen LogP contribution in [0, 0.1) is 0 Å². The van der Waals surface area contributed by atoms with E-state index in [9.17, 15) is 0 Å². The van der Waals surface area contributed by atoms with E-state index in [1.165, 1.54) is 21.9 Å². The topological polar surface area (TPSA) is 9.23 Å². The molecule has 0 saturated carbocycles. The Labute approximate surface area is 174 Å². The summed E-state index contributed by atoms with van der Waals surface area (Å²) in [6, 6.07) is 36.1.